The molecule has 2 saturated heterocycles. The fourth-order valence-electron chi connectivity index (χ4n) is 3.67. The number of methoxy groups -OCH3 is 1. The Bertz CT molecular complexity index is 348. The Balaban J connectivity index is 1.85. The van der Waals surface area contributed by atoms with Gasteiger partial charge in [0.05, 0.1) is 7.11 Å². The number of nitrogens with one attached hydrogen (secondary N) is 1. The Labute approximate surface area is 129 Å². The standard InChI is InChI=1S/C16H31N3O2/c1-12(2)17-15(16(20)21-4)7-9-18-11-14-6-5-8-19(14)10-13(18)3/h12-15,17H,5-11H2,1-4H3. The first-order chi connectivity index (χ1) is 10.0. The quantitative estimate of drug-likeness (QED) is 0.744. The molecule has 2 aliphatic heterocycles. The Morgan fingerprint density at radius 1 is 1.38 bits per heavy atom. The van der Waals surface area contributed by atoms with Crippen molar-refractivity contribution in [2.24, 2.45) is 0 Å². The molecule has 0 saturated carbocycles. The smallest absolute Gasteiger partial charge is 0.322 e. The molecule has 0 radical (unpaired) electrons. The van der Waals surface area contributed by atoms with Gasteiger partial charge in [0, 0.05) is 37.8 Å². The zero-order chi connectivity index (χ0) is 15.4. The van der Waals surface area contributed by atoms with E-state index in [4.69, 9.17) is 4.74 Å². The van der Waals surface area contributed by atoms with Crippen molar-refractivity contribution < 1.29 is 9.53 Å². The molecule has 0 bridgehead atoms. The summed E-state index contributed by atoms with van der Waals surface area (Å²) in [5, 5.41) is 3.32. The maximum atomic E-state index is 11.9. The molecule has 0 spiro atoms. The van der Waals surface area contributed by atoms with E-state index in [0.717, 1.165) is 25.6 Å². The first-order valence-electron chi connectivity index (χ1n) is 8.33. The van der Waals surface area contributed by atoms with E-state index in [1.54, 1.807) is 0 Å². The Morgan fingerprint density at radius 2 is 2.14 bits per heavy atom. The molecule has 1 N–H and O–H groups in total. The lowest BCUT2D eigenvalue weighted by Gasteiger charge is -2.42. The van der Waals surface area contributed by atoms with E-state index < -0.39 is 0 Å². The van der Waals surface area contributed by atoms with Crippen molar-refractivity contribution in [3.8, 4) is 0 Å². The number of piperazine rings is 1. The molecule has 122 valence electrons. The van der Waals surface area contributed by atoms with Gasteiger partial charge in [0.25, 0.3) is 0 Å². The zero-order valence-electron chi connectivity index (χ0n) is 14.0. The van der Waals surface area contributed by atoms with Gasteiger partial charge in [0.2, 0.25) is 0 Å². The predicted molar refractivity (Wildman–Crippen MR) is 84.3 cm³/mol. The third kappa shape index (κ3) is 4.41. The third-order valence-corrected chi connectivity index (χ3v) is 4.79. The second kappa shape index (κ2) is 7.56. The summed E-state index contributed by atoms with van der Waals surface area (Å²) >= 11 is 0. The summed E-state index contributed by atoms with van der Waals surface area (Å²) in [7, 11) is 1.47. The average Bonchev–Trinajstić information content (AvgIpc) is 2.88. The third-order valence-electron chi connectivity index (χ3n) is 4.79. The van der Waals surface area contributed by atoms with Crippen molar-refractivity contribution in [1.82, 2.24) is 15.1 Å². The van der Waals surface area contributed by atoms with Crippen LogP contribution in [0.4, 0.5) is 0 Å². The number of esters is 1. The van der Waals surface area contributed by atoms with Crippen LogP contribution in [0, 0.1) is 0 Å². The molecule has 0 aromatic heterocycles. The number of hydrogen-bond donors (Lipinski definition) is 1. The fraction of sp³-hybridized carbons (Fsp3) is 0.938. The summed E-state index contributed by atoms with van der Waals surface area (Å²) in [6.45, 7) is 11.0. The highest BCUT2D eigenvalue weighted by molar-refractivity contribution is 5.75. The van der Waals surface area contributed by atoms with Crippen molar-refractivity contribution in [3.05, 3.63) is 0 Å². The van der Waals surface area contributed by atoms with Gasteiger partial charge in [0.1, 0.15) is 6.04 Å². The van der Waals surface area contributed by atoms with Gasteiger partial charge in [-0.05, 0) is 32.7 Å². The minimum Gasteiger partial charge on any atom is -0.468 e. The lowest BCUT2D eigenvalue weighted by molar-refractivity contribution is -0.143. The van der Waals surface area contributed by atoms with Crippen LogP contribution < -0.4 is 5.32 Å². The van der Waals surface area contributed by atoms with E-state index in [1.165, 1.54) is 33.0 Å². The van der Waals surface area contributed by atoms with E-state index in [1.807, 2.05) is 0 Å². The highest BCUT2D eigenvalue weighted by atomic mass is 16.5. The first-order valence-corrected chi connectivity index (χ1v) is 8.33. The topological polar surface area (TPSA) is 44.8 Å². The van der Waals surface area contributed by atoms with Gasteiger partial charge < -0.3 is 10.1 Å². The predicted octanol–water partition coefficient (Wildman–Crippen LogP) is 1.08. The lowest BCUT2D eigenvalue weighted by atomic mass is 10.1. The maximum absolute atomic E-state index is 11.9. The Morgan fingerprint density at radius 3 is 2.81 bits per heavy atom. The van der Waals surface area contributed by atoms with Crippen LogP contribution in [0.25, 0.3) is 0 Å². The maximum Gasteiger partial charge on any atom is 0.322 e. The number of carbonyl (C=O) groups excluding carboxylic acids is 1. The number of hydrogen-bond acceptors (Lipinski definition) is 5. The molecule has 5 heteroatoms. The molecule has 0 aliphatic carbocycles. The molecule has 2 aliphatic rings. The van der Waals surface area contributed by atoms with Crippen LogP contribution in [0.2, 0.25) is 0 Å². The minimum absolute atomic E-state index is 0.143. The second-order valence-electron chi connectivity index (χ2n) is 6.82. The van der Waals surface area contributed by atoms with Crippen LogP contribution in [0.3, 0.4) is 0 Å². The average molecular weight is 297 g/mol. The number of fused-ring (bicyclic) bond motifs is 1. The highest BCUT2D eigenvalue weighted by Crippen LogP contribution is 2.24. The van der Waals surface area contributed by atoms with Gasteiger partial charge in [-0.25, -0.2) is 0 Å². The van der Waals surface area contributed by atoms with E-state index in [9.17, 15) is 4.79 Å². The summed E-state index contributed by atoms with van der Waals surface area (Å²) < 4.78 is 4.92. The molecular weight excluding hydrogens is 266 g/mol. The zero-order valence-corrected chi connectivity index (χ0v) is 14.0. The molecule has 2 rings (SSSR count). The SMILES string of the molecule is COC(=O)C(CCN1CC2CCCN2CC1C)NC(C)C. The van der Waals surface area contributed by atoms with Crippen LogP contribution in [0.5, 0.6) is 0 Å². The molecule has 21 heavy (non-hydrogen) atoms. The van der Waals surface area contributed by atoms with Gasteiger partial charge in [0.15, 0.2) is 0 Å². The number of nitrogens with zero attached hydrogens (tertiary/aromatic N) is 2. The molecule has 0 aromatic carbocycles. The van der Waals surface area contributed by atoms with Crippen LogP contribution in [0.1, 0.15) is 40.0 Å². The van der Waals surface area contributed by atoms with E-state index in [0.29, 0.717) is 12.1 Å². The summed E-state index contributed by atoms with van der Waals surface area (Å²) in [5.74, 6) is -0.143. The van der Waals surface area contributed by atoms with Crippen LogP contribution in [-0.2, 0) is 9.53 Å². The molecular formula is C16H31N3O2. The highest BCUT2D eigenvalue weighted by Gasteiger charge is 2.34. The molecule has 0 amide bonds. The molecule has 5 nitrogen and oxygen atoms in total. The van der Waals surface area contributed by atoms with Crippen LogP contribution >= 0.6 is 0 Å². The fourth-order valence-corrected chi connectivity index (χ4v) is 3.67. The van der Waals surface area contributed by atoms with Gasteiger partial charge >= 0.3 is 5.97 Å². The monoisotopic (exact) mass is 297 g/mol. The van der Waals surface area contributed by atoms with Crippen LogP contribution in [-0.4, -0.2) is 73.2 Å². The second-order valence-corrected chi connectivity index (χ2v) is 6.82. The van der Waals surface area contributed by atoms with Crippen molar-refractivity contribution >= 4 is 5.97 Å². The minimum atomic E-state index is -0.191. The van der Waals surface area contributed by atoms with Crippen molar-refractivity contribution in [3.63, 3.8) is 0 Å². The number of rotatable bonds is 6. The molecule has 2 heterocycles. The molecule has 2 fully saturated rings. The summed E-state index contributed by atoms with van der Waals surface area (Å²) in [6.07, 6.45) is 3.49. The van der Waals surface area contributed by atoms with Gasteiger partial charge in [-0.15, -0.1) is 0 Å². The summed E-state index contributed by atoms with van der Waals surface area (Å²) in [5.41, 5.74) is 0. The molecule has 3 atom stereocenters. The first kappa shape index (κ1) is 16.7. The van der Waals surface area contributed by atoms with Gasteiger partial charge in [-0.3, -0.25) is 14.6 Å². The largest absolute Gasteiger partial charge is 0.468 e. The van der Waals surface area contributed by atoms with Crippen molar-refractivity contribution in [1.29, 1.82) is 0 Å². The van der Waals surface area contributed by atoms with E-state index in [2.05, 4.69) is 35.9 Å². The van der Waals surface area contributed by atoms with E-state index >= 15 is 0 Å². The summed E-state index contributed by atoms with van der Waals surface area (Å²) in [6, 6.07) is 1.41. The number of ether oxygens (including phenoxy) is 1. The van der Waals surface area contributed by atoms with Crippen molar-refractivity contribution in [2.45, 2.75) is 64.2 Å². The van der Waals surface area contributed by atoms with Gasteiger partial charge in [-0.2, -0.15) is 0 Å². The van der Waals surface area contributed by atoms with Crippen LogP contribution in [0.15, 0.2) is 0 Å². The van der Waals surface area contributed by atoms with Gasteiger partial charge in [-0.1, -0.05) is 13.8 Å². The Hall–Kier alpha value is -0.650. The van der Waals surface area contributed by atoms with E-state index in [-0.39, 0.29) is 12.0 Å². The normalized spacial score (nSPS) is 28.6. The lowest BCUT2D eigenvalue weighted by Crippen LogP contribution is -2.56. The molecule has 0 aromatic rings. The van der Waals surface area contributed by atoms with Crippen molar-refractivity contribution in [2.75, 3.05) is 33.3 Å². The Kier molecular flexibility index (Phi) is 6.02. The number of carbonyl (C=O) groups is 1. The molecule has 3 unspecified atom stereocenters. The summed E-state index contributed by atoms with van der Waals surface area (Å²) in [4.78, 5) is 17.0.